The highest BCUT2D eigenvalue weighted by molar-refractivity contribution is 8.01. The summed E-state index contributed by atoms with van der Waals surface area (Å²) in [4.78, 5) is 0. The first-order valence-corrected chi connectivity index (χ1v) is 8.87. The van der Waals surface area contributed by atoms with E-state index in [0.29, 0.717) is 0 Å². The van der Waals surface area contributed by atoms with E-state index in [1.165, 1.54) is 36.8 Å². The second-order valence-electron chi connectivity index (χ2n) is 5.37. The number of hydrogen-bond donors (Lipinski definition) is 1. The zero-order valence-corrected chi connectivity index (χ0v) is 16.2. The van der Waals surface area contributed by atoms with E-state index in [0.717, 1.165) is 24.5 Å². The van der Waals surface area contributed by atoms with Gasteiger partial charge in [0.05, 0.1) is 0 Å². The normalized spacial score (nSPS) is 10.8. The lowest BCUT2D eigenvalue weighted by Crippen LogP contribution is -1.93. The van der Waals surface area contributed by atoms with Crippen molar-refractivity contribution in [1.82, 2.24) is 0 Å². The van der Waals surface area contributed by atoms with Crippen LogP contribution < -0.4 is 5.73 Å². The summed E-state index contributed by atoms with van der Waals surface area (Å²) in [5.41, 5.74) is 7.31. The SMILES string of the molecule is C=C(C)/C(C)=C/S/N=C/C.CCCCC(C)C.CCCN. The topological polar surface area (TPSA) is 38.4 Å². The molecule has 0 fully saturated rings. The van der Waals surface area contributed by atoms with Crippen molar-refractivity contribution in [3.8, 4) is 0 Å². The molecular weight excluding hydrogens is 276 g/mol. The highest BCUT2D eigenvalue weighted by atomic mass is 32.2. The Hall–Kier alpha value is -0.540. The molecule has 0 aromatic heterocycles. The number of allylic oxidation sites excluding steroid dienone is 2. The molecule has 0 saturated heterocycles. The maximum atomic E-state index is 5.03. The van der Waals surface area contributed by atoms with Crippen LogP contribution in [0.5, 0.6) is 0 Å². The molecule has 2 N–H and O–H groups in total. The molecule has 0 radical (unpaired) electrons. The number of nitrogens with two attached hydrogens (primary N) is 1. The largest absolute Gasteiger partial charge is 0.330 e. The molecule has 0 rings (SSSR count). The van der Waals surface area contributed by atoms with Crippen LogP contribution in [0.1, 0.15) is 74.1 Å². The van der Waals surface area contributed by atoms with Crippen LogP contribution in [0.4, 0.5) is 0 Å². The van der Waals surface area contributed by atoms with Crippen LogP contribution in [0.2, 0.25) is 0 Å². The lowest BCUT2D eigenvalue weighted by atomic mass is 10.1. The van der Waals surface area contributed by atoms with Crippen molar-refractivity contribution in [2.24, 2.45) is 16.0 Å². The molecule has 0 saturated carbocycles. The molecule has 0 aliphatic rings. The van der Waals surface area contributed by atoms with Crippen LogP contribution in [0, 0.1) is 5.92 Å². The van der Waals surface area contributed by atoms with Gasteiger partial charge in [0.1, 0.15) is 0 Å². The Labute approximate surface area is 138 Å². The van der Waals surface area contributed by atoms with Crippen molar-refractivity contribution in [3.05, 3.63) is 23.1 Å². The molecule has 0 aliphatic carbocycles. The van der Waals surface area contributed by atoms with E-state index < -0.39 is 0 Å². The molecule has 0 bridgehead atoms. The molecule has 0 aromatic rings. The highest BCUT2D eigenvalue weighted by Crippen LogP contribution is 2.12. The van der Waals surface area contributed by atoms with Crippen LogP contribution in [0.25, 0.3) is 0 Å². The van der Waals surface area contributed by atoms with E-state index in [1.54, 1.807) is 6.21 Å². The summed E-state index contributed by atoms with van der Waals surface area (Å²) >= 11 is 1.44. The third kappa shape index (κ3) is 32.7. The number of nitrogens with zero attached hydrogens (tertiary/aromatic N) is 1. The second kappa shape index (κ2) is 21.8. The Bertz CT molecular complexity index is 266. The number of hydrogen-bond acceptors (Lipinski definition) is 3. The Kier molecular flexibility index (Phi) is 26.3. The summed E-state index contributed by atoms with van der Waals surface area (Å²) in [6, 6.07) is 0. The quantitative estimate of drug-likeness (QED) is 0.336. The summed E-state index contributed by atoms with van der Waals surface area (Å²) in [5.74, 6) is 0.903. The predicted molar refractivity (Wildman–Crippen MR) is 104 cm³/mol. The average Bonchev–Trinajstić information content (AvgIpc) is 2.46. The van der Waals surface area contributed by atoms with Crippen molar-refractivity contribution < 1.29 is 0 Å². The Morgan fingerprint density at radius 3 is 2.00 bits per heavy atom. The minimum Gasteiger partial charge on any atom is -0.330 e. The maximum absolute atomic E-state index is 5.03. The molecule has 2 nitrogen and oxygen atoms in total. The van der Waals surface area contributed by atoms with Crippen LogP contribution >= 0.6 is 11.9 Å². The first kappa shape index (κ1) is 25.4. The van der Waals surface area contributed by atoms with Gasteiger partial charge in [0.2, 0.25) is 0 Å². The van der Waals surface area contributed by atoms with Gasteiger partial charge in [0.25, 0.3) is 0 Å². The third-order valence-electron chi connectivity index (χ3n) is 2.49. The standard InChI is InChI=1S/C8H13NS.C7H16.C3H9N/c1-5-9-10-6-8(4)7(2)3;1-4-5-6-7(2)3;1-2-3-4/h5-6H,2H2,1,3-4H3;7H,4-6H2,1-3H3;2-4H2,1H3/b8-6+,9-5+;;. The van der Waals surface area contributed by atoms with E-state index in [4.69, 9.17) is 5.73 Å². The van der Waals surface area contributed by atoms with Crippen molar-refractivity contribution >= 4 is 18.2 Å². The smallest absolute Gasteiger partial charge is 0.00986 e. The van der Waals surface area contributed by atoms with Gasteiger partial charge >= 0.3 is 0 Å². The zero-order valence-electron chi connectivity index (χ0n) is 15.4. The Balaban J connectivity index is -0.000000256. The first-order chi connectivity index (χ1) is 9.87. The zero-order chi connectivity index (χ0) is 17.1. The summed E-state index contributed by atoms with van der Waals surface area (Å²) in [7, 11) is 0. The highest BCUT2D eigenvalue weighted by Gasteiger charge is 1.88. The van der Waals surface area contributed by atoms with Crippen LogP contribution in [-0.2, 0) is 0 Å². The fourth-order valence-corrected chi connectivity index (χ4v) is 1.43. The molecule has 0 amide bonds. The molecule has 0 heterocycles. The molecule has 21 heavy (non-hydrogen) atoms. The Morgan fingerprint density at radius 1 is 1.24 bits per heavy atom. The monoisotopic (exact) mass is 314 g/mol. The van der Waals surface area contributed by atoms with Gasteiger partial charge in [-0.2, -0.15) is 0 Å². The van der Waals surface area contributed by atoms with Gasteiger partial charge in [-0.3, -0.25) is 0 Å². The van der Waals surface area contributed by atoms with Crippen molar-refractivity contribution in [3.63, 3.8) is 0 Å². The lowest BCUT2D eigenvalue weighted by Gasteiger charge is -1.98. The van der Waals surface area contributed by atoms with Gasteiger partial charge in [-0.25, -0.2) is 4.40 Å². The number of unbranched alkanes of at least 4 members (excludes halogenated alkanes) is 1. The van der Waals surface area contributed by atoms with Crippen molar-refractivity contribution in [2.45, 2.75) is 74.1 Å². The van der Waals surface area contributed by atoms with E-state index in [-0.39, 0.29) is 0 Å². The lowest BCUT2D eigenvalue weighted by molar-refractivity contribution is 0.550. The molecule has 0 aliphatic heterocycles. The minimum absolute atomic E-state index is 0.819. The fraction of sp³-hybridized carbons (Fsp3) is 0.722. The van der Waals surface area contributed by atoms with E-state index in [1.807, 2.05) is 26.2 Å². The van der Waals surface area contributed by atoms with E-state index in [9.17, 15) is 0 Å². The molecule has 126 valence electrons. The molecule has 3 heteroatoms. The van der Waals surface area contributed by atoms with Gasteiger partial charge in [0, 0.05) is 18.2 Å². The average molecular weight is 315 g/mol. The molecule has 0 spiro atoms. The third-order valence-corrected chi connectivity index (χ3v) is 3.28. The summed E-state index contributed by atoms with van der Waals surface area (Å²) in [6.45, 7) is 19.4. The van der Waals surface area contributed by atoms with Gasteiger partial charge < -0.3 is 5.73 Å². The van der Waals surface area contributed by atoms with E-state index in [2.05, 4.69) is 38.7 Å². The van der Waals surface area contributed by atoms with Crippen LogP contribution in [0.15, 0.2) is 27.5 Å². The van der Waals surface area contributed by atoms with Gasteiger partial charge in [-0.05, 0) is 50.6 Å². The van der Waals surface area contributed by atoms with Crippen molar-refractivity contribution in [2.75, 3.05) is 6.54 Å². The van der Waals surface area contributed by atoms with Gasteiger partial charge in [-0.1, -0.05) is 59.1 Å². The van der Waals surface area contributed by atoms with Crippen LogP contribution in [0.3, 0.4) is 0 Å². The number of rotatable bonds is 7. The van der Waals surface area contributed by atoms with Gasteiger partial charge in [-0.15, -0.1) is 0 Å². The molecule has 0 unspecified atom stereocenters. The Morgan fingerprint density at radius 2 is 1.76 bits per heavy atom. The molecular formula is C18H38N2S. The maximum Gasteiger partial charge on any atom is 0.00986 e. The second-order valence-corrected chi connectivity index (χ2v) is 6.03. The molecule has 0 atom stereocenters. The summed E-state index contributed by atoms with van der Waals surface area (Å²) in [5, 5.41) is 1.99. The van der Waals surface area contributed by atoms with Gasteiger partial charge in [0.15, 0.2) is 0 Å². The first-order valence-electron chi connectivity index (χ1n) is 8.03. The van der Waals surface area contributed by atoms with Crippen LogP contribution in [-0.4, -0.2) is 12.8 Å². The summed E-state index contributed by atoms with van der Waals surface area (Å²) in [6.07, 6.45) is 7.01. The summed E-state index contributed by atoms with van der Waals surface area (Å²) < 4.78 is 3.97. The van der Waals surface area contributed by atoms with E-state index >= 15 is 0 Å². The molecule has 0 aromatic carbocycles. The predicted octanol–water partition coefficient (Wildman–Crippen LogP) is 6.39. The van der Waals surface area contributed by atoms with Crippen molar-refractivity contribution in [1.29, 1.82) is 0 Å². The minimum atomic E-state index is 0.819. The fourth-order valence-electron chi connectivity index (χ4n) is 0.883.